The van der Waals surface area contributed by atoms with E-state index in [9.17, 15) is 9.59 Å². The van der Waals surface area contributed by atoms with Crippen molar-refractivity contribution in [1.29, 1.82) is 0 Å². The number of benzene rings is 1. The third-order valence-corrected chi connectivity index (χ3v) is 3.87. The van der Waals surface area contributed by atoms with Crippen LogP contribution in [0.15, 0.2) is 28.8 Å². The van der Waals surface area contributed by atoms with Gasteiger partial charge in [0.05, 0.1) is 11.8 Å². The molecule has 0 aliphatic heterocycles. The van der Waals surface area contributed by atoms with E-state index in [-0.39, 0.29) is 5.91 Å². The van der Waals surface area contributed by atoms with E-state index in [1.54, 1.807) is 18.2 Å². The summed E-state index contributed by atoms with van der Waals surface area (Å²) in [5.41, 5.74) is 0.749. The molecule has 1 aliphatic carbocycles. The zero-order valence-corrected chi connectivity index (χ0v) is 12.8. The number of amides is 1. The maximum atomic E-state index is 11.7. The summed E-state index contributed by atoms with van der Waals surface area (Å²) in [5, 5.41) is 15.9. The number of halogens is 1. The van der Waals surface area contributed by atoms with Gasteiger partial charge in [-0.05, 0) is 18.6 Å². The molecule has 3 rings (SSSR count). The van der Waals surface area contributed by atoms with Crippen molar-refractivity contribution in [3.63, 3.8) is 0 Å². The van der Waals surface area contributed by atoms with Gasteiger partial charge in [-0.15, -0.1) is 0 Å². The SMILES string of the molecule is O=C(NCCc1nc(-c2cccc(Cl)c2)no1)[C@H]1C[C@H]1C(=O)O. The van der Waals surface area contributed by atoms with E-state index in [1.807, 2.05) is 6.07 Å². The molecule has 2 atom stereocenters. The summed E-state index contributed by atoms with van der Waals surface area (Å²) in [4.78, 5) is 26.7. The van der Waals surface area contributed by atoms with E-state index in [4.69, 9.17) is 21.2 Å². The fourth-order valence-electron chi connectivity index (χ4n) is 2.28. The average molecular weight is 336 g/mol. The van der Waals surface area contributed by atoms with Crippen molar-refractivity contribution >= 4 is 23.5 Å². The highest BCUT2D eigenvalue weighted by Crippen LogP contribution is 2.38. The molecular formula is C15H14ClN3O4. The fourth-order valence-corrected chi connectivity index (χ4v) is 2.47. The molecule has 2 N–H and O–H groups in total. The van der Waals surface area contributed by atoms with Crippen LogP contribution in [0.1, 0.15) is 12.3 Å². The molecule has 0 unspecified atom stereocenters. The summed E-state index contributed by atoms with van der Waals surface area (Å²) in [6, 6.07) is 7.10. The summed E-state index contributed by atoms with van der Waals surface area (Å²) < 4.78 is 5.13. The van der Waals surface area contributed by atoms with Crippen LogP contribution in [0.4, 0.5) is 0 Å². The molecule has 1 saturated carbocycles. The first kappa shape index (κ1) is 15.5. The van der Waals surface area contributed by atoms with Crippen molar-refractivity contribution in [1.82, 2.24) is 15.5 Å². The van der Waals surface area contributed by atoms with Crippen molar-refractivity contribution in [3.05, 3.63) is 35.2 Å². The first-order chi connectivity index (χ1) is 11.0. The molecule has 0 spiro atoms. The lowest BCUT2D eigenvalue weighted by Crippen LogP contribution is -2.28. The van der Waals surface area contributed by atoms with Gasteiger partial charge < -0.3 is 14.9 Å². The average Bonchev–Trinajstić information content (AvgIpc) is 3.20. The summed E-state index contributed by atoms with van der Waals surface area (Å²) in [6.45, 7) is 0.318. The van der Waals surface area contributed by atoms with Crippen LogP contribution in [0, 0.1) is 11.8 Å². The molecular weight excluding hydrogens is 322 g/mol. The van der Waals surface area contributed by atoms with Gasteiger partial charge in [-0.2, -0.15) is 4.98 Å². The maximum Gasteiger partial charge on any atom is 0.307 e. The van der Waals surface area contributed by atoms with Crippen LogP contribution in [-0.2, 0) is 16.0 Å². The molecule has 1 fully saturated rings. The molecule has 0 radical (unpaired) electrons. The zero-order chi connectivity index (χ0) is 16.4. The van der Waals surface area contributed by atoms with Gasteiger partial charge in [0.2, 0.25) is 17.6 Å². The number of nitrogens with zero attached hydrogens (tertiary/aromatic N) is 2. The quantitative estimate of drug-likeness (QED) is 0.833. The molecule has 0 bridgehead atoms. The topological polar surface area (TPSA) is 105 Å². The second kappa shape index (κ2) is 6.37. The number of carbonyl (C=O) groups excluding carboxylic acids is 1. The highest BCUT2D eigenvalue weighted by Gasteiger charge is 2.48. The first-order valence-electron chi connectivity index (χ1n) is 7.13. The Morgan fingerprint density at radius 1 is 1.39 bits per heavy atom. The predicted molar refractivity (Wildman–Crippen MR) is 80.7 cm³/mol. The highest BCUT2D eigenvalue weighted by molar-refractivity contribution is 6.30. The van der Waals surface area contributed by atoms with Crippen LogP contribution in [0.2, 0.25) is 5.02 Å². The molecule has 1 amide bonds. The number of carboxylic acid groups (broad SMARTS) is 1. The van der Waals surface area contributed by atoms with Gasteiger partial charge in [0.15, 0.2) is 0 Å². The van der Waals surface area contributed by atoms with E-state index in [0.29, 0.717) is 36.1 Å². The summed E-state index contributed by atoms with van der Waals surface area (Å²) in [7, 11) is 0. The molecule has 1 aromatic heterocycles. The van der Waals surface area contributed by atoms with Gasteiger partial charge in [0, 0.05) is 23.6 Å². The number of aliphatic carboxylic acids is 1. The second-order valence-corrected chi connectivity index (χ2v) is 5.79. The monoisotopic (exact) mass is 335 g/mol. The second-order valence-electron chi connectivity index (χ2n) is 5.35. The summed E-state index contributed by atoms with van der Waals surface area (Å²) >= 11 is 5.91. The minimum absolute atomic E-state index is 0.244. The fraction of sp³-hybridized carbons (Fsp3) is 0.333. The van der Waals surface area contributed by atoms with E-state index < -0.39 is 17.8 Å². The lowest BCUT2D eigenvalue weighted by atomic mass is 10.2. The lowest BCUT2D eigenvalue weighted by molar-refractivity contribution is -0.140. The highest BCUT2D eigenvalue weighted by atomic mass is 35.5. The van der Waals surface area contributed by atoms with Crippen LogP contribution in [0.5, 0.6) is 0 Å². The van der Waals surface area contributed by atoms with Gasteiger partial charge in [-0.1, -0.05) is 28.9 Å². The largest absolute Gasteiger partial charge is 0.481 e. The Labute approximate surface area is 136 Å². The Kier molecular flexibility index (Phi) is 4.29. The van der Waals surface area contributed by atoms with Crippen LogP contribution >= 0.6 is 11.6 Å². The normalized spacial score (nSPS) is 19.3. The number of hydrogen-bond acceptors (Lipinski definition) is 5. The first-order valence-corrected chi connectivity index (χ1v) is 7.51. The smallest absolute Gasteiger partial charge is 0.307 e. The summed E-state index contributed by atoms with van der Waals surface area (Å²) in [6.07, 6.45) is 0.782. The molecule has 23 heavy (non-hydrogen) atoms. The number of rotatable bonds is 6. The van der Waals surface area contributed by atoms with Crippen LogP contribution < -0.4 is 5.32 Å². The Morgan fingerprint density at radius 2 is 2.22 bits per heavy atom. The van der Waals surface area contributed by atoms with Crippen molar-refractivity contribution in [2.45, 2.75) is 12.8 Å². The molecule has 1 heterocycles. The third-order valence-electron chi connectivity index (χ3n) is 3.63. The number of hydrogen-bond donors (Lipinski definition) is 2. The van der Waals surface area contributed by atoms with Crippen LogP contribution in [0.25, 0.3) is 11.4 Å². The van der Waals surface area contributed by atoms with E-state index in [2.05, 4.69) is 15.5 Å². The number of nitrogens with one attached hydrogen (secondary N) is 1. The molecule has 8 heteroatoms. The Hall–Kier alpha value is -2.41. The predicted octanol–water partition coefficient (Wildman–Crippen LogP) is 1.77. The number of aromatic nitrogens is 2. The minimum Gasteiger partial charge on any atom is -0.481 e. The van der Waals surface area contributed by atoms with Gasteiger partial charge >= 0.3 is 5.97 Å². The van der Waals surface area contributed by atoms with Gasteiger partial charge in [-0.3, -0.25) is 9.59 Å². The molecule has 0 saturated heterocycles. The Balaban J connectivity index is 1.50. The van der Waals surface area contributed by atoms with Crippen molar-refractivity contribution in [2.75, 3.05) is 6.54 Å². The third kappa shape index (κ3) is 3.68. The van der Waals surface area contributed by atoms with Crippen LogP contribution in [-0.4, -0.2) is 33.7 Å². The zero-order valence-electron chi connectivity index (χ0n) is 12.0. The van der Waals surface area contributed by atoms with E-state index in [0.717, 1.165) is 5.56 Å². The standard InChI is InChI=1S/C15H14ClN3O4/c16-9-3-1-2-8(6-9)13-18-12(23-19-13)4-5-17-14(20)10-7-11(10)15(21)22/h1-3,6,10-11H,4-5,7H2,(H,17,20)(H,21,22)/t10-,11+/m0/s1. The Bertz CT molecular complexity index is 746. The Morgan fingerprint density at radius 3 is 2.91 bits per heavy atom. The van der Waals surface area contributed by atoms with Crippen molar-refractivity contribution in [2.24, 2.45) is 11.8 Å². The van der Waals surface area contributed by atoms with Crippen molar-refractivity contribution in [3.8, 4) is 11.4 Å². The number of carboxylic acids is 1. The molecule has 120 valence electrons. The van der Waals surface area contributed by atoms with Crippen molar-refractivity contribution < 1.29 is 19.2 Å². The lowest BCUT2D eigenvalue weighted by Gasteiger charge is -2.01. The molecule has 1 aliphatic rings. The summed E-state index contributed by atoms with van der Waals surface area (Å²) in [5.74, 6) is -1.31. The molecule has 7 nitrogen and oxygen atoms in total. The molecule has 1 aromatic carbocycles. The maximum absolute atomic E-state index is 11.7. The van der Waals surface area contributed by atoms with Gasteiger partial charge in [0.1, 0.15) is 0 Å². The van der Waals surface area contributed by atoms with Crippen LogP contribution in [0.3, 0.4) is 0 Å². The molecule has 2 aromatic rings. The number of carbonyl (C=O) groups is 2. The minimum atomic E-state index is -0.923. The van der Waals surface area contributed by atoms with Gasteiger partial charge in [0.25, 0.3) is 0 Å². The van der Waals surface area contributed by atoms with Gasteiger partial charge in [-0.25, -0.2) is 0 Å². The van der Waals surface area contributed by atoms with E-state index >= 15 is 0 Å². The van der Waals surface area contributed by atoms with E-state index in [1.165, 1.54) is 0 Å².